The third-order valence-electron chi connectivity index (χ3n) is 3.24. The molecule has 7 heteroatoms. The van der Waals surface area contributed by atoms with Crippen LogP contribution in [0.2, 0.25) is 0 Å². The Morgan fingerprint density at radius 2 is 1.32 bits per heavy atom. The Labute approximate surface area is 159 Å². The first kappa shape index (κ1) is 19.0. The third-order valence-corrected chi connectivity index (χ3v) is 3.55. The van der Waals surface area contributed by atoms with Gasteiger partial charge in [0.15, 0.2) is 23.0 Å². The highest BCUT2D eigenvalue weighted by Crippen LogP contribution is 2.29. The molecular formula is C18H17IO6. The summed E-state index contributed by atoms with van der Waals surface area (Å²) >= 11 is 2.08. The molecule has 0 unspecified atom stereocenters. The number of hydrogen-bond donors (Lipinski definition) is 0. The molecule has 0 N–H and O–H groups in total. The van der Waals surface area contributed by atoms with Gasteiger partial charge < -0.3 is 18.9 Å². The third kappa shape index (κ3) is 5.35. The summed E-state index contributed by atoms with van der Waals surface area (Å²) in [6, 6.07) is 9.88. The largest absolute Gasteiger partial charge is 0.493 e. The zero-order valence-electron chi connectivity index (χ0n) is 13.6. The number of carbonyl (C=O) groups is 2. The van der Waals surface area contributed by atoms with E-state index in [4.69, 9.17) is 18.9 Å². The number of rotatable bonds is 10. The van der Waals surface area contributed by atoms with Crippen LogP contribution in [0.4, 0.5) is 0 Å². The highest BCUT2D eigenvalue weighted by molar-refractivity contribution is 14.1. The maximum atomic E-state index is 10.9. The van der Waals surface area contributed by atoms with Crippen LogP contribution in [0, 0.1) is 0 Å². The van der Waals surface area contributed by atoms with Crippen molar-refractivity contribution in [2.75, 3.05) is 24.9 Å². The van der Waals surface area contributed by atoms with Gasteiger partial charge in [-0.1, -0.05) is 0 Å². The van der Waals surface area contributed by atoms with Gasteiger partial charge in [-0.05, 0) is 59.0 Å². The van der Waals surface area contributed by atoms with E-state index in [-0.39, 0.29) is 13.2 Å². The van der Waals surface area contributed by atoms with E-state index >= 15 is 0 Å². The van der Waals surface area contributed by atoms with Crippen molar-refractivity contribution in [1.82, 2.24) is 0 Å². The summed E-state index contributed by atoms with van der Waals surface area (Å²) in [5.41, 5.74) is 0.991. The topological polar surface area (TPSA) is 71.1 Å². The van der Waals surface area contributed by atoms with Crippen molar-refractivity contribution < 1.29 is 28.5 Å². The van der Waals surface area contributed by atoms with Crippen LogP contribution in [0.25, 0.3) is 0 Å². The molecule has 0 spiro atoms. The van der Waals surface area contributed by atoms with Crippen molar-refractivity contribution in [3.63, 3.8) is 0 Å². The van der Waals surface area contributed by atoms with E-state index in [0.29, 0.717) is 38.7 Å². The molecule has 0 aromatic heterocycles. The lowest BCUT2D eigenvalue weighted by molar-refractivity contribution is 0.111. The van der Waals surface area contributed by atoms with Crippen LogP contribution in [-0.2, 0) is 0 Å². The number of carbonyl (C=O) groups excluding carboxylic acids is 2. The van der Waals surface area contributed by atoms with Crippen molar-refractivity contribution >= 4 is 35.2 Å². The van der Waals surface area contributed by atoms with E-state index in [1.807, 2.05) is 0 Å². The lowest BCUT2D eigenvalue weighted by atomic mass is 10.2. The van der Waals surface area contributed by atoms with Crippen LogP contribution >= 0.6 is 22.6 Å². The highest BCUT2D eigenvalue weighted by Gasteiger charge is 2.08. The summed E-state index contributed by atoms with van der Waals surface area (Å²) in [5, 5.41) is 0. The molecule has 0 heterocycles. The Balaban J connectivity index is 1.99. The predicted octanol–water partition coefficient (Wildman–Crippen LogP) is 3.55. The minimum absolute atomic E-state index is 0.230. The van der Waals surface area contributed by atoms with E-state index in [1.165, 1.54) is 7.11 Å². The first-order chi connectivity index (χ1) is 12.2. The molecule has 0 saturated carbocycles. The SMILES string of the molecule is COc1ccc(C=O)cc1OCCOc1cc(C=O)ccc1OCI. The number of hydrogen-bond acceptors (Lipinski definition) is 6. The molecule has 0 aliphatic rings. The Morgan fingerprint density at radius 3 is 1.80 bits per heavy atom. The lowest BCUT2D eigenvalue weighted by Gasteiger charge is -2.14. The number of aldehydes is 2. The second kappa shape index (κ2) is 9.87. The van der Waals surface area contributed by atoms with E-state index in [1.54, 1.807) is 36.4 Å². The summed E-state index contributed by atoms with van der Waals surface area (Å²) in [5.74, 6) is 2.02. The number of benzene rings is 2. The second-order valence-corrected chi connectivity index (χ2v) is 5.43. The van der Waals surface area contributed by atoms with E-state index in [9.17, 15) is 9.59 Å². The Bertz CT molecular complexity index is 732. The van der Waals surface area contributed by atoms with Gasteiger partial charge in [0, 0.05) is 11.1 Å². The van der Waals surface area contributed by atoms with Crippen LogP contribution in [-0.4, -0.2) is 37.5 Å². The average Bonchev–Trinajstić information content (AvgIpc) is 2.66. The summed E-state index contributed by atoms with van der Waals surface area (Å²) < 4.78 is 22.4. The molecule has 0 fully saturated rings. The predicted molar refractivity (Wildman–Crippen MR) is 101 cm³/mol. The summed E-state index contributed by atoms with van der Waals surface area (Å²) in [6.07, 6.45) is 1.48. The van der Waals surface area contributed by atoms with Gasteiger partial charge in [0.25, 0.3) is 0 Å². The number of ether oxygens (including phenoxy) is 4. The van der Waals surface area contributed by atoms with Crippen LogP contribution in [0.5, 0.6) is 23.0 Å². The lowest BCUT2D eigenvalue weighted by Crippen LogP contribution is -2.10. The minimum Gasteiger partial charge on any atom is -0.493 e. The first-order valence-electron chi connectivity index (χ1n) is 7.38. The molecule has 0 aliphatic carbocycles. The second-order valence-electron chi connectivity index (χ2n) is 4.80. The Hall–Kier alpha value is -2.29. The van der Waals surface area contributed by atoms with Crippen molar-refractivity contribution in [3.8, 4) is 23.0 Å². The van der Waals surface area contributed by atoms with Gasteiger partial charge in [0.05, 0.1) is 7.11 Å². The fourth-order valence-electron chi connectivity index (χ4n) is 2.07. The fourth-order valence-corrected chi connectivity index (χ4v) is 2.41. The minimum atomic E-state index is 0.230. The molecule has 2 aromatic carbocycles. The van der Waals surface area contributed by atoms with Gasteiger partial charge >= 0.3 is 0 Å². The van der Waals surface area contributed by atoms with E-state index < -0.39 is 0 Å². The Morgan fingerprint density at radius 1 is 0.800 bits per heavy atom. The van der Waals surface area contributed by atoms with Crippen LogP contribution in [0.3, 0.4) is 0 Å². The highest BCUT2D eigenvalue weighted by atomic mass is 127. The summed E-state index contributed by atoms with van der Waals surface area (Å²) in [6.45, 7) is 0.460. The van der Waals surface area contributed by atoms with Crippen molar-refractivity contribution in [2.45, 2.75) is 0 Å². The molecule has 0 amide bonds. The van der Waals surface area contributed by atoms with Crippen LogP contribution in [0.15, 0.2) is 36.4 Å². The number of methoxy groups -OCH3 is 1. The zero-order chi connectivity index (χ0) is 18.1. The summed E-state index contributed by atoms with van der Waals surface area (Å²) in [4.78, 5) is 21.8. The fraction of sp³-hybridized carbons (Fsp3) is 0.222. The molecule has 0 atom stereocenters. The van der Waals surface area contributed by atoms with Gasteiger partial charge in [-0.25, -0.2) is 0 Å². The standard InChI is InChI=1S/C18H17IO6/c1-22-15-4-2-13(10-20)8-17(15)23-6-7-24-18-9-14(11-21)3-5-16(18)25-12-19/h2-5,8-11H,6-7,12H2,1H3. The van der Waals surface area contributed by atoms with E-state index in [2.05, 4.69) is 22.6 Å². The maximum absolute atomic E-state index is 10.9. The number of alkyl halides is 1. The van der Waals surface area contributed by atoms with Gasteiger partial charge in [-0.2, -0.15) is 0 Å². The van der Waals surface area contributed by atoms with E-state index in [0.717, 1.165) is 12.6 Å². The molecule has 132 valence electrons. The van der Waals surface area contributed by atoms with Gasteiger partial charge in [0.1, 0.15) is 30.4 Å². The molecule has 0 aliphatic heterocycles. The molecule has 25 heavy (non-hydrogen) atoms. The smallest absolute Gasteiger partial charge is 0.162 e. The molecule has 0 radical (unpaired) electrons. The zero-order valence-corrected chi connectivity index (χ0v) is 15.7. The van der Waals surface area contributed by atoms with Gasteiger partial charge in [-0.15, -0.1) is 0 Å². The van der Waals surface area contributed by atoms with Crippen molar-refractivity contribution in [3.05, 3.63) is 47.5 Å². The normalized spacial score (nSPS) is 10.0. The van der Waals surface area contributed by atoms with Gasteiger partial charge in [0.2, 0.25) is 0 Å². The van der Waals surface area contributed by atoms with Crippen LogP contribution < -0.4 is 18.9 Å². The monoisotopic (exact) mass is 456 g/mol. The van der Waals surface area contributed by atoms with Crippen molar-refractivity contribution in [1.29, 1.82) is 0 Å². The van der Waals surface area contributed by atoms with Gasteiger partial charge in [-0.3, -0.25) is 9.59 Å². The molecule has 0 saturated heterocycles. The molecule has 2 rings (SSSR count). The number of halogens is 1. The quantitative estimate of drug-likeness (QED) is 0.236. The molecule has 6 nitrogen and oxygen atoms in total. The first-order valence-corrected chi connectivity index (χ1v) is 8.91. The maximum Gasteiger partial charge on any atom is 0.162 e. The summed E-state index contributed by atoms with van der Waals surface area (Å²) in [7, 11) is 1.53. The molecule has 2 aromatic rings. The molecular weight excluding hydrogens is 439 g/mol. The Kier molecular flexibility index (Phi) is 7.52. The average molecular weight is 456 g/mol. The van der Waals surface area contributed by atoms with Crippen LogP contribution in [0.1, 0.15) is 20.7 Å². The van der Waals surface area contributed by atoms with Crippen molar-refractivity contribution in [2.24, 2.45) is 0 Å². The molecule has 0 bridgehead atoms.